The maximum atomic E-state index is 12.8. The topological polar surface area (TPSA) is 59.3 Å². The molecule has 4 nitrogen and oxygen atoms in total. The fourth-order valence-electron chi connectivity index (χ4n) is 2.81. The average molecular weight is 341 g/mol. The molecule has 0 bridgehead atoms. The van der Waals surface area contributed by atoms with Gasteiger partial charge in [-0.25, -0.2) is 0 Å². The van der Waals surface area contributed by atoms with E-state index < -0.39 is 5.91 Å². The van der Waals surface area contributed by atoms with Gasteiger partial charge < -0.3 is 9.73 Å². The Labute approximate surface area is 150 Å². The molecule has 4 heteroatoms. The van der Waals surface area contributed by atoms with Gasteiger partial charge in [-0.1, -0.05) is 60.7 Å². The summed E-state index contributed by atoms with van der Waals surface area (Å²) in [5, 5.41) is 3.64. The van der Waals surface area contributed by atoms with E-state index in [0.29, 0.717) is 22.4 Å². The van der Waals surface area contributed by atoms with E-state index in [1.165, 1.54) is 0 Å². The summed E-state index contributed by atoms with van der Waals surface area (Å²) in [7, 11) is 0. The lowest BCUT2D eigenvalue weighted by Gasteiger charge is -2.09. The Morgan fingerprint density at radius 3 is 2.27 bits per heavy atom. The molecule has 0 radical (unpaired) electrons. The van der Waals surface area contributed by atoms with Crippen molar-refractivity contribution in [2.75, 3.05) is 5.32 Å². The molecular weight excluding hydrogens is 326 g/mol. The van der Waals surface area contributed by atoms with Crippen molar-refractivity contribution >= 4 is 28.3 Å². The van der Waals surface area contributed by atoms with Crippen LogP contribution < -0.4 is 5.32 Å². The third-order valence-corrected chi connectivity index (χ3v) is 4.11. The molecule has 1 amide bonds. The quantitative estimate of drug-likeness (QED) is 0.536. The summed E-state index contributed by atoms with van der Waals surface area (Å²) < 4.78 is 5.59. The molecule has 1 aromatic heterocycles. The molecule has 3 aromatic carbocycles. The van der Waals surface area contributed by atoms with Crippen LogP contribution in [0, 0.1) is 0 Å². The van der Waals surface area contributed by atoms with Crippen LogP contribution in [0.1, 0.15) is 26.5 Å². The number of rotatable bonds is 4. The third kappa shape index (κ3) is 3.00. The maximum Gasteiger partial charge on any atom is 0.291 e. The van der Waals surface area contributed by atoms with Gasteiger partial charge in [0.1, 0.15) is 5.58 Å². The van der Waals surface area contributed by atoms with E-state index in [0.717, 1.165) is 5.39 Å². The Morgan fingerprint density at radius 1 is 0.769 bits per heavy atom. The van der Waals surface area contributed by atoms with Crippen molar-refractivity contribution < 1.29 is 14.0 Å². The van der Waals surface area contributed by atoms with Crippen LogP contribution in [-0.2, 0) is 0 Å². The lowest BCUT2D eigenvalue weighted by Crippen LogP contribution is -2.14. The van der Waals surface area contributed by atoms with Gasteiger partial charge in [-0.2, -0.15) is 0 Å². The van der Waals surface area contributed by atoms with E-state index in [1.807, 2.05) is 36.4 Å². The van der Waals surface area contributed by atoms with E-state index in [4.69, 9.17) is 4.42 Å². The highest BCUT2D eigenvalue weighted by atomic mass is 16.3. The van der Waals surface area contributed by atoms with E-state index in [-0.39, 0.29) is 11.5 Å². The van der Waals surface area contributed by atoms with Gasteiger partial charge >= 0.3 is 0 Å². The van der Waals surface area contributed by atoms with Crippen LogP contribution in [0.15, 0.2) is 89.3 Å². The summed E-state index contributed by atoms with van der Waals surface area (Å²) in [6.45, 7) is 0. The molecule has 0 aliphatic rings. The first-order valence-corrected chi connectivity index (χ1v) is 8.21. The normalized spacial score (nSPS) is 10.6. The first kappa shape index (κ1) is 15.8. The average Bonchev–Trinajstić information content (AvgIpc) is 3.13. The molecule has 0 saturated carbocycles. The summed E-state index contributed by atoms with van der Waals surface area (Å²) in [6.07, 6.45) is 0. The Morgan fingerprint density at radius 2 is 1.46 bits per heavy atom. The number of nitrogens with one attached hydrogen (secondary N) is 1. The summed E-state index contributed by atoms with van der Waals surface area (Å²) in [5.74, 6) is -0.339. The zero-order valence-corrected chi connectivity index (χ0v) is 13.8. The SMILES string of the molecule is O=C(Nc1ccccc1C(=O)c1ccccc1)c1cc2ccccc2o1. The number of furan rings is 1. The maximum absolute atomic E-state index is 12.8. The Bertz CT molecular complexity index is 1060. The zero-order chi connectivity index (χ0) is 17.9. The number of hydrogen-bond acceptors (Lipinski definition) is 3. The first-order chi connectivity index (χ1) is 12.7. The zero-order valence-electron chi connectivity index (χ0n) is 13.8. The van der Waals surface area contributed by atoms with E-state index in [2.05, 4.69) is 5.32 Å². The first-order valence-electron chi connectivity index (χ1n) is 8.21. The van der Waals surface area contributed by atoms with Gasteiger partial charge in [-0.15, -0.1) is 0 Å². The summed E-state index contributed by atoms with van der Waals surface area (Å²) in [5.41, 5.74) is 2.10. The molecule has 0 atom stereocenters. The highest BCUT2D eigenvalue weighted by molar-refractivity contribution is 6.15. The van der Waals surface area contributed by atoms with Gasteiger partial charge in [-0.05, 0) is 24.3 Å². The number of carbonyl (C=O) groups excluding carboxylic acids is 2. The second-order valence-electron chi connectivity index (χ2n) is 5.84. The van der Waals surface area contributed by atoms with Crippen LogP contribution in [0.5, 0.6) is 0 Å². The highest BCUT2D eigenvalue weighted by Crippen LogP contribution is 2.23. The van der Waals surface area contributed by atoms with Crippen LogP contribution in [0.3, 0.4) is 0 Å². The van der Waals surface area contributed by atoms with Gasteiger partial charge in [0.05, 0.1) is 5.69 Å². The standard InChI is InChI=1S/C22H15NO3/c24-21(15-8-2-1-3-9-15)17-11-5-6-12-18(17)23-22(25)20-14-16-10-4-7-13-19(16)26-20/h1-14H,(H,23,25). The third-order valence-electron chi connectivity index (χ3n) is 4.11. The van der Waals surface area contributed by atoms with E-state index >= 15 is 0 Å². The molecule has 0 fully saturated rings. The van der Waals surface area contributed by atoms with Gasteiger partial charge in [-0.3, -0.25) is 9.59 Å². The molecule has 1 heterocycles. The molecule has 4 aromatic rings. The van der Waals surface area contributed by atoms with E-state index in [9.17, 15) is 9.59 Å². The van der Waals surface area contributed by atoms with Gasteiger partial charge in [0.15, 0.2) is 11.5 Å². The number of benzene rings is 3. The van der Waals surface area contributed by atoms with Crippen molar-refractivity contribution in [3.63, 3.8) is 0 Å². The monoisotopic (exact) mass is 341 g/mol. The Balaban J connectivity index is 1.64. The fourth-order valence-corrected chi connectivity index (χ4v) is 2.81. The molecule has 0 unspecified atom stereocenters. The summed E-state index contributed by atoms with van der Waals surface area (Å²) in [4.78, 5) is 25.3. The van der Waals surface area contributed by atoms with Crippen LogP contribution >= 0.6 is 0 Å². The molecule has 0 aliphatic heterocycles. The van der Waals surface area contributed by atoms with Gasteiger partial charge in [0, 0.05) is 16.5 Å². The number of amides is 1. The molecule has 0 aliphatic carbocycles. The van der Waals surface area contributed by atoms with Crippen LogP contribution in [0.4, 0.5) is 5.69 Å². The van der Waals surface area contributed by atoms with Crippen molar-refractivity contribution in [3.8, 4) is 0 Å². The number of ketones is 1. The number of para-hydroxylation sites is 2. The largest absolute Gasteiger partial charge is 0.451 e. The molecule has 4 rings (SSSR count). The molecule has 0 saturated heterocycles. The minimum atomic E-state index is -0.394. The lowest BCUT2D eigenvalue weighted by molar-refractivity contribution is 0.0998. The number of carbonyl (C=O) groups is 2. The smallest absolute Gasteiger partial charge is 0.291 e. The molecule has 0 spiro atoms. The second kappa shape index (κ2) is 6.69. The minimum absolute atomic E-state index is 0.147. The van der Waals surface area contributed by atoms with Crippen molar-refractivity contribution in [3.05, 3.63) is 102 Å². The van der Waals surface area contributed by atoms with Crippen molar-refractivity contribution in [1.82, 2.24) is 0 Å². The fraction of sp³-hybridized carbons (Fsp3) is 0. The van der Waals surface area contributed by atoms with Crippen LogP contribution in [-0.4, -0.2) is 11.7 Å². The number of hydrogen-bond donors (Lipinski definition) is 1. The number of fused-ring (bicyclic) bond motifs is 1. The van der Waals surface area contributed by atoms with Crippen LogP contribution in [0.2, 0.25) is 0 Å². The summed E-state index contributed by atoms with van der Waals surface area (Å²) >= 11 is 0. The Hall–Kier alpha value is -3.66. The molecular formula is C22H15NO3. The second-order valence-corrected chi connectivity index (χ2v) is 5.84. The molecule has 1 N–H and O–H groups in total. The van der Waals surface area contributed by atoms with Crippen molar-refractivity contribution in [2.24, 2.45) is 0 Å². The predicted octanol–water partition coefficient (Wildman–Crippen LogP) is 4.92. The minimum Gasteiger partial charge on any atom is -0.451 e. The molecule has 126 valence electrons. The van der Waals surface area contributed by atoms with Crippen molar-refractivity contribution in [1.29, 1.82) is 0 Å². The lowest BCUT2D eigenvalue weighted by atomic mass is 10.0. The highest BCUT2D eigenvalue weighted by Gasteiger charge is 2.17. The molecule has 26 heavy (non-hydrogen) atoms. The van der Waals surface area contributed by atoms with Crippen molar-refractivity contribution in [2.45, 2.75) is 0 Å². The Kier molecular flexibility index (Phi) is 4.07. The number of anilines is 1. The summed E-state index contributed by atoms with van der Waals surface area (Å²) in [6, 6.07) is 25.0. The van der Waals surface area contributed by atoms with Crippen LogP contribution in [0.25, 0.3) is 11.0 Å². The van der Waals surface area contributed by atoms with Gasteiger partial charge in [0.25, 0.3) is 5.91 Å². The van der Waals surface area contributed by atoms with Gasteiger partial charge in [0.2, 0.25) is 0 Å². The predicted molar refractivity (Wildman–Crippen MR) is 100 cm³/mol. The van der Waals surface area contributed by atoms with E-state index in [1.54, 1.807) is 48.5 Å².